The SMILES string of the molecule is COCCOc1cccc(NCC(=O)Nc2ccc(C)cc2C)c1. The molecule has 0 bridgehead atoms. The second-order valence-corrected chi connectivity index (χ2v) is 5.59. The van der Waals surface area contributed by atoms with Gasteiger partial charge >= 0.3 is 0 Å². The zero-order chi connectivity index (χ0) is 17.4. The number of methoxy groups -OCH3 is 1. The quantitative estimate of drug-likeness (QED) is 0.729. The lowest BCUT2D eigenvalue weighted by molar-refractivity contribution is -0.114. The first kappa shape index (κ1) is 17.8. The Labute approximate surface area is 143 Å². The Hall–Kier alpha value is -2.53. The van der Waals surface area contributed by atoms with Crippen molar-refractivity contribution in [3.63, 3.8) is 0 Å². The molecule has 5 nitrogen and oxygen atoms in total. The number of aryl methyl sites for hydroxylation is 2. The monoisotopic (exact) mass is 328 g/mol. The molecule has 0 saturated heterocycles. The van der Waals surface area contributed by atoms with E-state index in [9.17, 15) is 4.79 Å². The highest BCUT2D eigenvalue weighted by atomic mass is 16.5. The summed E-state index contributed by atoms with van der Waals surface area (Å²) in [6.45, 7) is 5.23. The number of hydrogen-bond acceptors (Lipinski definition) is 4. The third-order valence-electron chi connectivity index (χ3n) is 3.50. The molecular weight excluding hydrogens is 304 g/mol. The van der Waals surface area contributed by atoms with E-state index in [-0.39, 0.29) is 12.5 Å². The molecule has 128 valence electrons. The van der Waals surface area contributed by atoms with Crippen molar-refractivity contribution in [3.8, 4) is 5.75 Å². The Bertz CT molecular complexity index is 686. The molecule has 0 radical (unpaired) electrons. The van der Waals surface area contributed by atoms with Crippen LogP contribution in [0, 0.1) is 13.8 Å². The summed E-state index contributed by atoms with van der Waals surface area (Å²) >= 11 is 0. The molecule has 2 N–H and O–H groups in total. The largest absolute Gasteiger partial charge is 0.491 e. The fourth-order valence-corrected chi connectivity index (χ4v) is 2.27. The van der Waals surface area contributed by atoms with Crippen molar-refractivity contribution in [2.24, 2.45) is 0 Å². The van der Waals surface area contributed by atoms with Crippen molar-refractivity contribution in [3.05, 3.63) is 53.6 Å². The van der Waals surface area contributed by atoms with E-state index in [0.29, 0.717) is 13.2 Å². The number of hydrogen-bond donors (Lipinski definition) is 2. The van der Waals surface area contributed by atoms with Crippen molar-refractivity contribution in [1.82, 2.24) is 0 Å². The maximum atomic E-state index is 12.1. The highest BCUT2D eigenvalue weighted by molar-refractivity contribution is 5.94. The Kier molecular flexibility index (Phi) is 6.63. The van der Waals surface area contributed by atoms with Gasteiger partial charge in [0.15, 0.2) is 0 Å². The summed E-state index contributed by atoms with van der Waals surface area (Å²) in [5, 5.41) is 6.02. The van der Waals surface area contributed by atoms with Crippen LogP contribution in [0.15, 0.2) is 42.5 Å². The van der Waals surface area contributed by atoms with Gasteiger partial charge in [-0.3, -0.25) is 4.79 Å². The van der Waals surface area contributed by atoms with Crippen LogP contribution < -0.4 is 15.4 Å². The van der Waals surface area contributed by atoms with E-state index in [2.05, 4.69) is 10.6 Å². The van der Waals surface area contributed by atoms with Gasteiger partial charge < -0.3 is 20.1 Å². The van der Waals surface area contributed by atoms with E-state index in [1.54, 1.807) is 7.11 Å². The van der Waals surface area contributed by atoms with Crippen molar-refractivity contribution < 1.29 is 14.3 Å². The molecule has 2 aromatic carbocycles. The number of amides is 1. The van der Waals surface area contributed by atoms with Gasteiger partial charge in [0, 0.05) is 24.6 Å². The van der Waals surface area contributed by atoms with Crippen LogP contribution in [-0.4, -0.2) is 32.8 Å². The molecule has 0 aliphatic rings. The average molecular weight is 328 g/mol. The summed E-state index contributed by atoms with van der Waals surface area (Å²) in [7, 11) is 1.63. The predicted octanol–water partition coefficient (Wildman–Crippen LogP) is 3.38. The minimum atomic E-state index is -0.0901. The fraction of sp³-hybridized carbons (Fsp3) is 0.316. The van der Waals surface area contributed by atoms with Crippen LogP contribution >= 0.6 is 0 Å². The second kappa shape index (κ2) is 8.93. The molecule has 2 rings (SSSR count). The number of rotatable bonds is 8. The van der Waals surface area contributed by atoms with Gasteiger partial charge in [-0.1, -0.05) is 23.8 Å². The first-order valence-corrected chi connectivity index (χ1v) is 7.91. The summed E-state index contributed by atoms with van der Waals surface area (Å²) in [6, 6.07) is 13.5. The molecule has 24 heavy (non-hydrogen) atoms. The van der Waals surface area contributed by atoms with E-state index < -0.39 is 0 Å². The number of ether oxygens (including phenoxy) is 2. The summed E-state index contributed by atoms with van der Waals surface area (Å²) in [4.78, 5) is 12.1. The highest BCUT2D eigenvalue weighted by Gasteiger charge is 2.05. The number of nitrogens with one attached hydrogen (secondary N) is 2. The lowest BCUT2D eigenvalue weighted by atomic mass is 10.1. The maximum absolute atomic E-state index is 12.1. The van der Waals surface area contributed by atoms with E-state index in [0.717, 1.165) is 22.7 Å². The molecular formula is C19H24N2O3. The van der Waals surface area contributed by atoms with Crippen LogP contribution in [-0.2, 0) is 9.53 Å². The summed E-state index contributed by atoms with van der Waals surface area (Å²) < 4.78 is 10.5. The minimum Gasteiger partial charge on any atom is -0.491 e. The summed E-state index contributed by atoms with van der Waals surface area (Å²) in [6.07, 6.45) is 0. The zero-order valence-electron chi connectivity index (χ0n) is 14.4. The molecule has 0 fully saturated rings. The van der Waals surface area contributed by atoms with E-state index in [1.807, 2.05) is 56.3 Å². The van der Waals surface area contributed by atoms with Crippen LogP contribution in [0.2, 0.25) is 0 Å². The van der Waals surface area contributed by atoms with Gasteiger partial charge in [0.2, 0.25) is 5.91 Å². The Balaban J connectivity index is 1.86. The maximum Gasteiger partial charge on any atom is 0.243 e. The number of anilines is 2. The lowest BCUT2D eigenvalue weighted by Crippen LogP contribution is -2.22. The highest BCUT2D eigenvalue weighted by Crippen LogP contribution is 2.18. The topological polar surface area (TPSA) is 59.6 Å². The van der Waals surface area contributed by atoms with Crippen LogP contribution in [0.1, 0.15) is 11.1 Å². The number of carbonyl (C=O) groups is 1. The Morgan fingerprint density at radius 1 is 1.08 bits per heavy atom. The lowest BCUT2D eigenvalue weighted by Gasteiger charge is -2.11. The standard InChI is InChI=1S/C19H24N2O3/c1-14-7-8-18(15(2)11-14)21-19(22)13-20-16-5-4-6-17(12-16)24-10-9-23-3/h4-8,11-12,20H,9-10,13H2,1-3H3,(H,21,22). The van der Waals surface area contributed by atoms with E-state index in [4.69, 9.17) is 9.47 Å². The first-order chi connectivity index (χ1) is 11.6. The Morgan fingerprint density at radius 2 is 1.92 bits per heavy atom. The van der Waals surface area contributed by atoms with Gasteiger partial charge in [-0.05, 0) is 37.6 Å². The minimum absolute atomic E-state index is 0.0901. The summed E-state index contributed by atoms with van der Waals surface area (Å²) in [5.41, 5.74) is 3.90. The van der Waals surface area contributed by atoms with Crippen molar-refractivity contribution >= 4 is 17.3 Å². The van der Waals surface area contributed by atoms with Gasteiger partial charge in [-0.15, -0.1) is 0 Å². The molecule has 5 heteroatoms. The number of benzene rings is 2. The molecule has 0 spiro atoms. The Morgan fingerprint density at radius 3 is 2.67 bits per heavy atom. The molecule has 0 heterocycles. The third kappa shape index (κ3) is 5.59. The summed E-state index contributed by atoms with van der Waals surface area (Å²) in [5.74, 6) is 0.652. The molecule has 0 aliphatic heterocycles. The first-order valence-electron chi connectivity index (χ1n) is 7.91. The van der Waals surface area contributed by atoms with E-state index >= 15 is 0 Å². The normalized spacial score (nSPS) is 10.3. The molecule has 0 atom stereocenters. The molecule has 0 aliphatic carbocycles. The fourth-order valence-electron chi connectivity index (χ4n) is 2.27. The molecule has 2 aromatic rings. The number of carbonyl (C=O) groups excluding carboxylic acids is 1. The van der Waals surface area contributed by atoms with Gasteiger partial charge in [0.25, 0.3) is 0 Å². The second-order valence-electron chi connectivity index (χ2n) is 5.59. The average Bonchev–Trinajstić information content (AvgIpc) is 2.56. The van der Waals surface area contributed by atoms with Gasteiger partial charge in [-0.25, -0.2) is 0 Å². The molecule has 0 saturated carbocycles. The van der Waals surface area contributed by atoms with Gasteiger partial charge in [0.05, 0.1) is 13.2 Å². The zero-order valence-corrected chi connectivity index (χ0v) is 14.4. The van der Waals surface area contributed by atoms with Crippen molar-refractivity contribution in [2.75, 3.05) is 37.5 Å². The third-order valence-corrected chi connectivity index (χ3v) is 3.50. The molecule has 1 amide bonds. The van der Waals surface area contributed by atoms with Gasteiger partial charge in [0.1, 0.15) is 12.4 Å². The van der Waals surface area contributed by atoms with Gasteiger partial charge in [-0.2, -0.15) is 0 Å². The smallest absolute Gasteiger partial charge is 0.243 e. The van der Waals surface area contributed by atoms with Crippen molar-refractivity contribution in [2.45, 2.75) is 13.8 Å². The van der Waals surface area contributed by atoms with Crippen molar-refractivity contribution in [1.29, 1.82) is 0 Å². The van der Waals surface area contributed by atoms with Crippen LogP contribution in [0.3, 0.4) is 0 Å². The predicted molar refractivity (Wildman–Crippen MR) is 96.8 cm³/mol. The van der Waals surface area contributed by atoms with Crippen LogP contribution in [0.25, 0.3) is 0 Å². The molecule has 0 aromatic heterocycles. The van der Waals surface area contributed by atoms with E-state index in [1.165, 1.54) is 5.56 Å². The van der Waals surface area contributed by atoms with Crippen LogP contribution in [0.4, 0.5) is 11.4 Å². The van der Waals surface area contributed by atoms with Crippen LogP contribution in [0.5, 0.6) is 5.75 Å². The molecule has 0 unspecified atom stereocenters.